The van der Waals surface area contributed by atoms with E-state index in [1.165, 1.54) is 4.90 Å². The van der Waals surface area contributed by atoms with Crippen molar-refractivity contribution in [3.8, 4) is 0 Å². The van der Waals surface area contributed by atoms with Gasteiger partial charge in [-0.05, 0) is 45.2 Å². The molecule has 3 amide bonds. The predicted molar refractivity (Wildman–Crippen MR) is 110 cm³/mol. The zero-order valence-corrected chi connectivity index (χ0v) is 17.1. The van der Waals surface area contributed by atoms with Gasteiger partial charge in [-0.3, -0.25) is 9.59 Å². The number of anilines is 2. The summed E-state index contributed by atoms with van der Waals surface area (Å²) in [7, 11) is 0. The van der Waals surface area contributed by atoms with Gasteiger partial charge in [0.15, 0.2) is 5.95 Å². The molecule has 1 aromatic carbocycles. The van der Waals surface area contributed by atoms with Crippen LogP contribution >= 0.6 is 0 Å². The van der Waals surface area contributed by atoms with E-state index in [1.807, 2.05) is 6.07 Å². The molecule has 2 heterocycles. The Bertz CT molecular complexity index is 995. The number of hydrogen-bond donors (Lipinski definition) is 3. The Hall–Kier alpha value is -3.36. The molecule has 0 unspecified atom stereocenters. The average molecular weight is 411 g/mol. The number of amides is 3. The lowest BCUT2D eigenvalue weighted by Gasteiger charge is -2.30. The van der Waals surface area contributed by atoms with Gasteiger partial charge in [0, 0.05) is 12.2 Å². The molecule has 0 saturated carbocycles. The first-order valence-corrected chi connectivity index (χ1v) is 9.89. The SMILES string of the molecule is CC(C)(C)OC(=O)NC[C@H]1Cc2[nH]c(N)nc2[C@H]2C(=O)N(c3ccccc3)C(=O)[C@@H]12. The van der Waals surface area contributed by atoms with Gasteiger partial charge in [-0.15, -0.1) is 0 Å². The van der Waals surface area contributed by atoms with Gasteiger partial charge in [0.05, 0.1) is 23.2 Å². The second-order valence-corrected chi connectivity index (χ2v) is 8.68. The first-order chi connectivity index (χ1) is 14.2. The number of hydrogen-bond acceptors (Lipinski definition) is 6. The topological polar surface area (TPSA) is 130 Å². The number of alkyl carbamates (subject to hydrolysis) is 1. The van der Waals surface area contributed by atoms with Gasteiger partial charge < -0.3 is 20.8 Å². The summed E-state index contributed by atoms with van der Waals surface area (Å²) < 4.78 is 5.30. The molecule has 9 heteroatoms. The molecule has 9 nitrogen and oxygen atoms in total. The van der Waals surface area contributed by atoms with Crippen LogP contribution in [0.5, 0.6) is 0 Å². The summed E-state index contributed by atoms with van der Waals surface area (Å²) in [5.74, 6) is -2.09. The predicted octanol–water partition coefficient (Wildman–Crippen LogP) is 1.96. The second kappa shape index (κ2) is 7.16. The summed E-state index contributed by atoms with van der Waals surface area (Å²) in [5, 5.41) is 2.74. The van der Waals surface area contributed by atoms with Crippen LogP contribution in [-0.2, 0) is 20.7 Å². The van der Waals surface area contributed by atoms with E-state index in [-0.39, 0.29) is 30.2 Å². The number of fused-ring (bicyclic) bond motifs is 3. The highest BCUT2D eigenvalue weighted by Gasteiger charge is 2.56. The van der Waals surface area contributed by atoms with Crippen molar-refractivity contribution in [3.05, 3.63) is 41.7 Å². The number of carbonyl (C=O) groups is 3. The average Bonchev–Trinajstić information content (AvgIpc) is 3.15. The Morgan fingerprint density at radius 3 is 2.63 bits per heavy atom. The molecule has 1 fully saturated rings. The quantitative estimate of drug-likeness (QED) is 0.662. The minimum atomic E-state index is -0.736. The van der Waals surface area contributed by atoms with Crippen LogP contribution in [0, 0.1) is 11.8 Å². The van der Waals surface area contributed by atoms with Crippen LogP contribution in [0.15, 0.2) is 30.3 Å². The van der Waals surface area contributed by atoms with Gasteiger partial charge in [0.25, 0.3) is 0 Å². The fourth-order valence-electron chi connectivity index (χ4n) is 4.26. The van der Waals surface area contributed by atoms with Crippen molar-refractivity contribution in [2.75, 3.05) is 17.2 Å². The minimum Gasteiger partial charge on any atom is -0.444 e. The Kier molecular flexibility index (Phi) is 4.76. The zero-order valence-electron chi connectivity index (χ0n) is 17.1. The third kappa shape index (κ3) is 3.51. The lowest BCUT2D eigenvalue weighted by atomic mass is 9.73. The van der Waals surface area contributed by atoms with Gasteiger partial charge in [-0.1, -0.05) is 18.2 Å². The number of para-hydroxylation sites is 1. The molecule has 158 valence electrons. The Balaban J connectivity index is 1.64. The maximum atomic E-state index is 13.3. The molecule has 4 N–H and O–H groups in total. The number of H-pyrrole nitrogens is 1. The van der Waals surface area contributed by atoms with Crippen LogP contribution in [0.3, 0.4) is 0 Å². The third-order valence-corrected chi connectivity index (χ3v) is 5.37. The van der Waals surface area contributed by atoms with Crippen LogP contribution in [-0.4, -0.2) is 40.0 Å². The van der Waals surface area contributed by atoms with Gasteiger partial charge in [0.1, 0.15) is 5.60 Å². The van der Waals surface area contributed by atoms with E-state index in [0.717, 1.165) is 5.69 Å². The summed E-state index contributed by atoms with van der Waals surface area (Å²) >= 11 is 0. The van der Waals surface area contributed by atoms with E-state index < -0.39 is 23.5 Å². The van der Waals surface area contributed by atoms with E-state index >= 15 is 0 Å². The largest absolute Gasteiger partial charge is 0.444 e. The van der Waals surface area contributed by atoms with Crippen LogP contribution in [0.2, 0.25) is 0 Å². The lowest BCUT2D eigenvalue weighted by Crippen LogP contribution is -2.42. The van der Waals surface area contributed by atoms with Gasteiger partial charge in [-0.25, -0.2) is 14.7 Å². The van der Waals surface area contributed by atoms with E-state index in [1.54, 1.807) is 45.0 Å². The highest BCUT2D eigenvalue weighted by atomic mass is 16.6. The maximum Gasteiger partial charge on any atom is 0.407 e. The van der Waals surface area contributed by atoms with Gasteiger partial charge >= 0.3 is 6.09 Å². The number of aromatic nitrogens is 2. The van der Waals surface area contributed by atoms with Crippen LogP contribution in [0.4, 0.5) is 16.4 Å². The molecule has 30 heavy (non-hydrogen) atoms. The number of imide groups is 1. The number of benzene rings is 1. The van der Waals surface area contributed by atoms with E-state index in [9.17, 15) is 14.4 Å². The molecule has 0 radical (unpaired) electrons. The molecule has 4 rings (SSSR count). The fourth-order valence-corrected chi connectivity index (χ4v) is 4.26. The Morgan fingerprint density at radius 1 is 1.27 bits per heavy atom. The number of nitrogens with zero attached hydrogens (tertiary/aromatic N) is 2. The number of nitrogens with one attached hydrogen (secondary N) is 2. The van der Waals surface area contributed by atoms with Crippen molar-refractivity contribution in [1.82, 2.24) is 15.3 Å². The first-order valence-electron chi connectivity index (χ1n) is 9.89. The monoisotopic (exact) mass is 411 g/mol. The number of aromatic amines is 1. The number of nitrogens with two attached hydrogens (primary N) is 1. The van der Waals surface area contributed by atoms with Crippen molar-refractivity contribution < 1.29 is 19.1 Å². The normalized spacial score (nSPS) is 23.2. The van der Waals surface area contributed by atoms with Crippen LogP contribution in [0.1, 0.15) is 38.1 Å². The summed E-state index contributed by atoms with van der Waals surface area (Å²) in [6.45, 7) is 5.52. The molecule has 2 aliphatic rings. The van der Waals surface area contributed by atoms with Crippen molar-refractivity contribution >= 4 is 29.5 Å². The minimum absolute atomic E-state index is 0.191. The van der Waals surface area contributed by atoms with Gasteiger partial charge in [0.2, 0.25) is 11.8 Å². The number of ether oxygens (including phenoxy) is 1. The fraction of sp³-hybridized carbons (Fsp3) is 0.429. The summed E-state index contributed by atoms with van der Waals surface area (Å²) in [5.41, 5.74) is 6.96. The first kappa shape index (κ1) is 19.9. The third-order valence-electron chi connectivity index (χ3n) is 5.37. The second-order valence-electron chi connectivity index (χ2n) is 8.68. The highest BCUT2D eigenvalue weighted by molar-refractivity contribution is 6.24. The van der Waals surface area contributed by atoms with Crippen molar-refractivity contribution in [2.24, 2.45) is 11.8 Å². The van der Waals surface area contributed by atoms with Crippen LogP contribution in [0.25, 0.3) is 0 Å². The maximum absolute atomic E-state index is 13.3. The summed E-state index contributed by atoms with van der Waals surface area (Å²) in [4.78, 5) is 47.3. The summed E-state index contributed by atoms with van der Waals surface area (Å²) in [6.07, 6.45) is -0.122. The standard InChI is InChI=1S/C21H25N5O4/c1-21(2,3)30-20(29)23-10-11-9-13-16(25-19(22)24-13)15-14(11)17(27)26(18(15)28)12-7-5-4-6-8-12/h4-8,11,14-15H,9-10H2,1-3H3,(H,23,29)(H3,22,24,25)/t11-,14+,15+/m1/s1. The number of nitrogen functional groups attached to an aromatic ring is 1. The van der Waals surface area contributed by atoms with E-state index in [4.69, 9.17) is 10.5 Å². The molecule has 1 aliphatic heterocycles. The molecular formula is C21H25N5O4. The molecule has 1 aliphatic carbocycles. The summed E-state index contributed by atoms with van der Waals surface area (Å²) in [6, 6.07) is 8.82. The molecular weight excluding hydrogens is 386 g/mol. The highest BCUT2D eigenvalue weighted by Crippen LogP contribution is 2.46. The van der Waals surface area contributed by atoms with Gasteiger partial charge in [-0.2, -0.15) is 0 Å². The molecule has 2 aromatic rings. The smallest absolute Gasteiger partial charge is 0.407 e. The van der Waals surface area contributed by atoms with Crippen LogP contribution < -0.4 is 16.0 Å². The van der Waals surface area contributed by atoms with E-state index in [0.29, 0.717) is 17.8 Å². The number of rotatable bonds is 3. The molecule has 1 saturated heterocycles. The Labute approximate surface area is 174 Å². The molecule has 1 aromatic heterocycles. The zero-order chi connectivity index (χ0) is 21.6. The number of carbonyl (C=O) groups excluding carboxylic acids is 3. The van der Waals surface area contributed by atoms with Crippen molar-refractivity contribution in [1.29, 1.82) is 0 Å². The Morgan fingerprint density at radius 2 is 1.97 bits per heavy atom. The van der Waals surface area contributed by atoms with Crippen molar-refractivity contribution in [2.45, 2.75) is 38.7 Å². The van der Waals surface area contributed by atoms with Crippen molar-refractivity contribution in [3.63, 3.8) is 0 Å². The molecule has 0 bridgehead atoms. The van der Waals surface area contributed by atoms with E-state index in [2.05, 4.69) is 15.3 Å². The lowest BCUT2D eigenvalue weighted by molar-refractivity contribution is -0.123. The number of imidazole rings is 1. The molecule has 0 spiro atoms. The molecule has 3 atom stereocenters.